The van der Waals surface area contributed by atoms with Crippen molar-refractivity contribution in [1.82, 2.24) is 0 Å². The van der Waals surface area contributed by atoms with Gasteiger partial charge in [0.15, 0.2) is 0 Å². The molecule has 0 radical (unpaired) electrons. The summed E-state index contributed by atoms with van der Waals surface area (Å²) in [6.07, 6.45) is 0. The van der Waals surface area contributed by atoms with Crippen LogP contribution in [0.1, 0.15) is 5.56 Å². The van der Waals surface area contributed by atoms with E-state index in [4.69, 9.17) is 15.7 Å². The molecule has 4 heteroatoms. The van der Waals surface area contributed by atoms with Crippen LogP contribution in [0.5, 0.6) is 11.5 Å². The van der Waals surface area contributed by atoms with Crippen LogP contribution < -0.4 is 10.5 Å². The Hall–Kier alpha value is -1.99. The number of rotatable bonds is 2. The average Bonchev–Trinajstić information content (AvgIpc) is 2.34. The third kappa shape index (κ3) is 2.77. The van der Waals surface area contributed by atoms with Crippen molar-refractivity contribution in [2.24, 2.45) is 0 Å². The minimum Gasteiger partial charge on any atom is -0.456 e. The molecule has 3 nitrogen and oxygen atoms in total. The van der Waals surface area contributed by atoms with Gasteiger partial charge < -0.3 is 10.5 Å². The van der Waals surface area contributed by atoms with Crippen LogP contribution in [0.2, 0.25) is 0 Å². The quantitative estimate of drug-likeness (QED) is 0.858. The van der Waals surface area contributed by atoms with Crippen LogP contribution in [0.3, 0.4) is 0 Å². The minimum absolute atomic E-state index is 0.605. The van der Waals surface area contributed by atoms with Crippen molar-refractivity contribution < 1.29 is 4.74 Å². The highest BCUT2D eigenvalue weighted by atomic mass is 79.9. The molecule has 0 saturated heterocycles. The summed E-state index contributed by atoms with van der Waals surface area (Å²) in [6.45, 7) is 0. The fourth-order valence-corrected chi connectivity index (χ4v) is 1.80. The first kappa shape index (κ1) is 11.5. The standard InChI is InChI=1S/C13H9BrN2O/c14-12-7-10(16)3-6-13(12)17-11-4-1-9(8-15)2-5-11/h1-7H,16H2. The number of hydrogen-bond donors (Lipinski definition) is 1. The highest BCUT2D eigenvalue weighted by Crippen LogP contribution is 2.31. The van der Waals surface area contributed by atoms with Crippen LogP contribution in [-0.4, -0.2) is 0 Å². The topological polar surface area (TPSA) is 59.0 Å². The zero-order valence-electron chi connectivity index (χ0n) is 8.85. The molecule has 0 bridgehead atoms. The number of nitrogens with zero attached hydrogens (tertiary/aromatic N) is 1. The van der Waals surface area contributed by atoms with Crippen LogP contribution in [0.4, 0.5) is 5.69 Å². The lowest BCUT2D eigenvalue weighted by Gasteiger charge is -2.08. The number of anilines is 1. The fourth-order valence-electron chi connectivity index (χ4n) is 1.32. The number of ether oxygens (including phenoxy) is 1. The number of nitriles is 1. The minimum atomic E-state index is 0.605. The molecule has 2 N–H and O–H groups in total. The Morgan fingerprint density at radius 2 is 1.82 bits per heavy atom. The van der Waals surface area contributed by atoms with Crippen molar-refractivity contribution in [3.05, 3.63) is 52.5 Å². The summed E-state index contributed by atoms with van der Waals surface area (Å²) < 4.78 is 6.45. The Balaban J connectivity index is 2.23. The van der Waals surface area contributed by atoms with Crippen LogP contribution in [-0.2, 0) is 0 Å². The van der Waals surface area contributed by atoms with E-state index in [1.54, 1.807) is 42.5 Å². The monoisotopic (exact) mass is 288 g/mol. The molecule has 2 rings (SSSR count). The van der Waals surface area contributed by atoms with Crippen molar-refractivity contribution in [1.29, 1.82) is 5.26 Å². The summed E-state index contributed by atoms with van der Waals surface area (Å²) in [7, 11) is 0. The Kier molecular flexibility index (Phi) is 3.31. The molecule has 0 unspecified atom stereocenters. The lowest BCUT2D eigenvalue weighted by molar-refractivity contribution is 0.479. The number of hydrogen-bond acceptors (Lipinski definition) is 3. The van der Waals surface area contributed by atoms with E-state index in [1.807, 2.05) is 0 Å². The molecule has 84 valence electrons. The van der Waals surface area contributed by atoms with Gasteiger partial charge in [0.05, 0.1) is 16.1 Å². The smallest absolute Gasteiger partial charge is 0.141 e. The zero-order valence-corrected chi connectivity index (χ0v) is 10.4. The number of halogens is 1. The summed E-state index contributed by atoms with van der Waals surface area (Å²) in [4.78, 5) is 0. The second kappa shape index (κ2) is 4.89. The summed E-state index contributed by atoms with van der Waals surface area (Å²) in [6, 6.07) is 14.3. The molecule has 17 heavy (non-hydrogen) atoms. The normalized spacial score (nSPS) is 9.65. The van der Waals surface area contributed by atoms with E-state index in [2.05, 4.69) is 22.0 Å². The molecule has 0 aliphatic heterocycles. The van der Waals surface area contributed by atoms with Crippen LogP contribution >= 0.6 is 15.9 Å². The summed E-state index contributed by atoms with van der Waals surface area (Å²) in [5.41, 5.74) is 6.91. The second-order valence-corrected chi connectivity index (χ2v) is 4.28. The number of nitrogens with two attached hydrogens (primary N) is 1. The lowest BCUT2D eigenvalue weighted by Crippen LogP contribution is -1.88. The third-order valence-electron chi connectivity index (χ3n) is 2.17. The van der Waals surface area contributed by atoms with Crippen LogP contribution in [0.25, 0.3) is 0 Å². The van der Waals surface area contributed by atoms with Gasteiger partial charge in [0.1, 0.15) is 11.5 Å². The lowest BCUT2D eigenvalue weighted by atomic mass is 10.2. The van der Waals surface area contributed by atoms with Gasteiger partial charge in [0.2, 0.25) is 0 Å². The van der Waals surface area contributed by atoms with Gasteiger partial charge in [0.25, 0.3) is 0 Å². The van der Waals surface area contributed by atoms with Crippen molar-refractivity contribution in [2.75, 3.05) is 5.73 Å². The van der Waals surface area contributed by atoms with Crippen molar-refractivity contribution in [2.45, 2.75) is 0 Å². The first-order chi connectivity index (χ1) is 8.19. The molecule has 0 heterocycles. The number of nitrogen functional groups attached to an aromatic ring is 1. The highest BCUT2D eigenvalue weighted by molar-refractivity contribution is 9.10. The zero-order chi connectivity index (χ0) is 12.3. The predicted molar refractivity (Wildman–Crippen MR) is 69.8 cm³/mol. The van der Waals surface area contributed by atoms with E-state index in [9.17, 15) is 0 Å². The molecular formula is C13H9BrN2O. The maximum atomic E-state index is 8.68. The molecule has 2 aromatic carbocycles. The third-order valence-corrected chi connectivity index (χ3v) is 2.79. The highest BCUT2D eigenvalue weighted by Gasteiger charge is 2.03. The van der Waals surface area contributed by atoms with E-state index >= 15 is 0 Å². The summed E-state index contributed by atoms with van der Waals surface area (Å²) in [5, 5.41) is 8.68. The SMILES string of the molecule is N#Cc1ccc(Oc2ccc(N)cc2Br)cc1. The largest absolute Gasteiger partial charge is 0.456 e. The van der Waals surface area contributed by atoms with E-state index in [0.29, 0.717) is 22.7 Å². The Bertz CT molecular complexity index is 573. The molecule has 0 aromatic heterocycles. The maximum absolute atomic E-state index is 8.68. The summed E-state index contributed by atoms with van der Waals surface area (Å²) >= 11 is 3.38. The fraction of sp³-hybridized carbons (Fsp3) is 0. The van der Waals surface area contributed by atoms with Gasteiger partial charge in [-0.15, -0.1) is 0 Å². The van der Waals surface area contributed by atoms with Gasteiger partial charge in [-0.05, 0) is 58.4 Å². The Morgan fingerprint density at radius 1 is 1.12 bits per heavy atom. The van der Waals surface area contributed by atoms with Gasteiger partial charge in [-0.3, -0.25) is 0 Å². The van der Waals surface area contributed by atoms with Crippen molar-refractivity contribution in [3.63, 3.8) is 0 Å². The van der Waals surface area contributed by atoms with Crippen LogP contribution in [0, 0.1) is 11.3 Å². The molecular weight excluding hydrogens is 280 g/mol. The van der Waals surface area contributed by atoms with Gasteiger partial charge >= 0.3 is 0 Å². The second-order valence-electron chi connectivity index (χ2n) is 3.43. The molecule has 2 aromatic rings. The Labute approximate surface area is 108 Å². The van der Waals surface area contributed by atoms with E-state index in [-0.39, 0.29) is 0 Å². The van der Waals surface area contributed by atoms with Crippen molar-refractivity contribution >= 4 is 21.6 Å². The first-order valence-electron chi connectivity index (χ1n) is 4.92. The number of benzene rings is 2. The molecule has 0 aliphatic rings. The van der Waals surface area contributed by atoms with E-state index in [0.717, 1.165) is 4.47 Å². The van der Waals surface area contributed by atoms with E-state index < -0.39 is 0 Å². The first-order valence-corrected chi connectivity index (χ1v) is 5.71. The molecule has 0 spiro atoms. The van der Waals surface area contributed by atoms with Crippen LogP contribution in [0.15, 0.2) is 46.9 Å². The van der Waals surface area contributed by atoms with Gasteiger partial charge in [0, 0.05) is 5.69 Å². The van der Waals surface area contributed by atoms with Gasteiger partial charge in [-0.25, -0.2) is 0 Å². The molecule has 0 amide bonds. The molecule has 0 fully saturated rings. The maximum Gasteiger partial charge on any atom is 0.141 e. The molecule has 0 atom stereocenters. The van der Waals surface area contributed by atoms with Gasteiger partial charge in [-0.2, -0.15) is 5.26 Å². The molecule has 0 aliphatic carbocycles. The Morgan fingerprint density at radius 3 is 2.41 bits per heavy atom. The van der Waals surface area contributed by atoms with E-state index in [1.165, 1.54) is 0 Å². The average molecular weight is 289 g/mol. The van der Waals surface area contributed by atoms with Gasteiger partial charge in [-0.1, -0.05) is 0 Å². The molecule has 0 saturated carbocycles. The predicted octanol–water partition coefficient (Wildman–Crippen LogP) is 3.70. The van der Waals surface area contributed by atoms with Crippen molar-refractivity contribution in [3.8, 4) is 17.6 Å². The summed E-state index contributed by atoms with van der Waals surface area (Å²) in [5.74, 6) is 1.36.